The maximum atomic E-state index is 12.8. The van der Waals surface area contributed by atoms with Crippen molar-refractivity contribution in [1.82, 2.24) is 14.3 Å². The second kappa shape index (κ2) is 7.20. The highest BCUT2D eigenvalue weighted by atomic mass is 32.2. The van der Waals surface area contributed by atoms with Crippen molar-refractivity contribution >= 4 is 10.0 Å². The van der Waals surface area contributed by atoms with Gasteiger partial charge in [0.2, 0.25) is 15.9 Å². The second-order valence-electron chi connectivity index (χ2n) is 5.79. The highest BCUT2D eigenvalue weighted by molar-refractivity contribution is 7.89. The predicted octanol–water partition coefficient (Wildman–Crippen LogP) is 2.73. The average Bonchev–Trinajstić information content (AvgIpc) is 2.62. The number of sulfonamides is 1. The Morgan fingerprint density at radius 2 is 1.88 bits per heavy atom. The van der Waals surface area contributed by atoms with Gasteiger partial charge in [-0.3, -0.25) is 4.98 Å². The van der Waals surface area contributed by atoms with E-state index < -0.39 is 21.8 Å². The lowest BCUT2D eigenvalue weighted by Gasteiger charge is -2.31. The van der Waals surface area contributed by atoms with Crippen LogP contribution in [0, 0.1) is 0 Å². The van der Waals surface area contributed by atoms with Crippen molar-refractivity contribution in [1.29, 1.82) is 0 Å². The molecule has 26 heavy (non-hydrogen) atoms. The third-order valence-corrected chi connectivity index (χ3v) is 5.92. The summed E-state index contributed by atoms with van der Waals surface area (Å²) in [6, 6.07) is 3.78. The first-order valence-corrected chi connectivity index (χ1v) is 9.31. The van der Waals surface area contributed by atoms with E-state index in [-0.39, 0.29) is 24.1 Å². The van der Waals surface area contributed by atoms with E-state index in [4.69, 9.17) is 4.74 Å². The fourth-order valence-corrected chi connectivity index (χ4v) is 4.21. The van der Waals surface area contributed by atoms with E-state index in [1.165, 1.54) is 29.0 Å². The van der Waals surface area contributed by atoms with E-state index in [9.17, 15) is 21.6 Å². The lowest BCUT2D eigenvalue weighted by molar-refractivity contribution is -0.137. The van der Waals surface area contributed by atoms with Gasteiger partial charge in [0.1, 0.15) is 6.10 Å². The van der Waals surface area contributed by atoms with E-state index in [1.54, 1.807) is 0 Å². The van der Waals surface area contributed by atoms with Gasteiger partial charge in [-0.2, -0.15) is 17.5 Å². The fourth-order valence-electron chi connectivity index (χ4n) is 2.69. The molecule has 1 saturated heterocycles. The molecule has 1 aromatic carbocycles. The first-order valence-electron chi connectivity index (χ1n) is 7.87. The van der Waals surface area contributed by atoms with Gasteiger partial charge in [0.25, 0.3) is 0 Å². The Hall–Kier alpha value is -2.20. The number of alkyl halides is 3. The number of aromatic nitrogens is 2. The minimum Gasteiger partial charge on any atom is -0.473 e. The molecular formula is C16H16F3N3O3S. The summed E-state index contributed by atoms with van der Waals surface area (Å²) in [6.07, 6.45) is 0.470. The van der Waals surface area contributed by atoms with Gasteiger partial charge in [-0.05, 0) is 31.0 Å². The topological polar surface area (TPSA) is 72.4 Å². The smallest absolute Gasteiger partial charge is 0.416 e. The first kappa shape index (κ1) is 18.6. The van der Waals surface area contributed by atoms with Crippen LogP contribution in [0.15, 0.2) is 47.8 Å². The molecule has 1 aliphatic rings. The van der Waals surface area contributed by atoms with Crippen molar-refractivity contribution in [2.75, 3.05) is 13.1 Å². The number of piperidine rings is 1. The first-order chi connectivity index (χ1) is 12.3. The Morgan fingerprint density at radius 3 is 2.50 bits per heavy atom. The Labute approximate surface area is 148 Å². The van der Waals surface area contributed by atoms with Crippen LogP contribution in [-0.4, -0.2) is 41.9 Å². The molecule has 3 rings (SSSR count). The summed E-state index contributed by atoms with van der Waals surface area (Å²) in [5.74, 6) is 0.353. The largest absolute Gasteiger partial charge is 0.473 e. The van der Waals surface area contributed by atoms with Gasteiger partial charge in [-0.25, -0.2) is 13.4 Å². The molecule has 0 unspecified atom stereocenters. The van der Waals surface area contributed by atoms with Gasteiger partial charge in [-0.1, -0.05) is 6.07 Å². The SMILES string of the molecule is O=S(=O)(c1cccc(C(F)(F)F)c1)N1CCC(Oc2cnccn2)CC1. The molecule has 0 N–H and O–H groups in total. The fraction of sp³-hybridized carbons (Fsp3) is 0.375. The maximum Gasteiger partial charge on any atom is 0.416 e. The molecule has 2 heterocycles. The molecule has 6 nitrogen and oxygen atoms in total. The minimum absolute atomic E-state index is 0.156. The van der Waals surface area contributed by atoms with Gasteiger partial charge in [-0.15, -0.1) is 0 Å². The van der Waals surface area contributed by atoms with E-state index in [0.29, 0.717) is 24.8 Å². The molecule has 1 fully saturated rings. The summed E-state index contributed by atoms with van der Waals surface area (Å²) in [4.78, 5) is 7.52. The van der Waals surface area contributed by atoms with Crippen molar-refractivity contribution < 1.29 is 26.3 Å². The van der Waals surface area contributed by atoms with Crippen LogP contribution >= 0.6 is 0 Å². The standard InChI is InChI=1S/C16H16F3N3O3S/c17-16(18,19)12-2-1-3-14(10-12)26(23,24)22-8-4-13(5-9-22)25-15-11-20-6-7-21-15/h1-3,6-7,10-11,13H,4-5,8-9H2. The molecule has 2 aromatic rings. The summed E-state index contributed by atoms with van der Waals surface area (Å²) in [5.41, 5.74) is -0.987. The van der Waals surface area contributed by atoms with Crippen LogP contribution in [0.1, 0.15) is 18.4 Å². The monoisotopic (exact) mass is 387 g/mol. The summed E-state index contributed by atoms with van der Waals surface area (Å²) in [6.45, 7) is 0.313. The quantitative estimate of drug-likeness (QED) is 0.807. The molecule has 140 valence electrons. The summed E-state index contributed by atoms with van der Waals surface area (Å²) >= 11 is 0. The molecule has 10 heteroatoms. The number of rotatable bonds is 4. The molecule has 0 spiro atoms. The van der Waals surface area contributed by atoms with Gasteiger partial charge < -0.3 is 4.74 Å². The summed E-state index contributed by atoms with van der Waals surface area (Å²) < 4.78 is 70.5. The van der Waals surface area contributed by atoms with Gasteiger partial charge in [0.15, 0.2) is 0 Å². The van der Waals surface area contributed by atoms with Gasteiger partial charge in [0, 0.05) is 25.5 Å². The Balaban J connectivity index is 1.68. The van der Waals surface area contributed by atoms with Gasteiger partial charge in [0.05, 0.1) is 16.7 Å². The molecule has 0 saturated carbocycles. The highest BCUT2D eigenvalue weighted by Gasteiger charge is 2.34. The van der Waals surface area contributed by atoms with Crippen molar-refractivity contribution in [3.05, 3.63) is 48.4 Å². The molecule has 1 aliphatic heterocycles. The lowest BCUT2D eigenvalue weighted by Crippen LogP contribution is -2.41. The van der Waals surface area contributed by atoms with Crippen LogP contribution in [0.25, 0.3) is 0 Å². The van der Waals surface area contributed by atoms with E-state index in [2.05, 4.69) is 9.97 Å². The Morgan fingerprint density at radius 1 is 1.15 bits per heavy atom. The third kappa shape index (κ3) is 4.13. The minimum atomic E-state index is -4.59. The molecule has 0 aliphatic carbocycles. The zero-order valence-electron chi connectivity index (χ0n) is 13.6. The Bertz CT molecular complexity index is 852. The zero-order chi connectivity index (χ0) is 18.8. The van der Waals surface area contributed by atoms with Crippen LogP contribution < -0.4 is 4.74 Å². The number of ether oxygens (including phenoxy) is 1. The molecule has 0 atom stereocenters. The van der Waals surface area contributed by atoms with Crippen LogP contribution in [0.4, 0.5) is 13.2 Å². The molecule has 1 aromatic heterocycles. The van der Waals surface area contributed by atoms with Gasteiger partial charge >= 0.3 is 6.18 Å². The summed E-state index contributed by atoms with van der Waals surface area (Å²) in [7, 11) is -3.99. The summed E-state index contributed by atoms with van der Waals surface area (Å²) in [5, 5.41) is 0. The molecule has 0 amide bonds. The number of benzene rings is 1. The predicted molar refractivity (Wildman–Crippen MR) is 85.9 cm³/mol. The lowest BCUT2D eigenvalue weighted by atomic mass is 10.1. The van der Waals surface area contributed by atoms with Crippen LogP contribution in [0.3, 0.4) is 0 Å². The van der Waals surface area contributed by atoms with Crippen molar-refractivity contribution in [2.24, 2.45) is 0 Å². The maximum absolute atomic E-state index is 12.8. The van der Waals surface area contributed by atoms with Crippen molar-refractivity contribution in [3.63, 3.8) is 0 Å². The van der Waals surface area contributed by atoms with Crippen LogP contribution in [-0.2, 0) is 16.2 Å². The van der Waals surface area contributed by atoms with E-state index >= 15 is 0 Å². The third-order valence-electron chi connectivity index (χ3n) is 4.03. The number of hydrogen-bond donors (Lipinski definition) is 0. The Kier molecular flexibility index (Phi) is 5.15. The van der Waals surface area contributed by atoms with Crippen molar-refractivity contribution in [3.8, 4) is 5.88 Å². The number of hydrogen-bond acceptors (Lipinski definition) is 5. The molecular weight excluding hydrogens is 371 g/mol. The zero-order valence-corrected chi connectivity index (χ0v) is 14.4. The van der Waals surface area contributed by atoms with E-state index in [0.717, 1.165) is 12.1 Å². The van der Waals surface area contributed by atoms with Crippen molar-refractivity contribution in [2.45, 2.75) is 30.0 Å². The number of halogens is 3. The number of nitrogens with zero attached hydrogens (tertiary/aromatic N) is 3. The second-order valence-corrected chi connectivity index (χ2v) is 7.73. The molecule has 0 radical (unpaired) electrons. The normalized spacial score (nSPS) is 17.2. The average molecular weight is 387 g/mol. The van der Waals surface area contributed by atoms with Crippen LogP contribution in [0.2, 0.25) is 0 Å². The van der Waals surface area contributed by atoms with Crippen LogP contribution in [0.5, 0.6) is 5.88 Å². The highest BCUT2D eigenvalue weighted by Crippen LogP contribution is 2.31. The molecule has 0 bridgehead atoms. The van der Waals surface area contributed by atoms with E-state index in [1.807, 2.05) is 0 Å².